The number of Topliss-reactive ketones (excluding diaryl/α,β-unsaturated/α-hetero) is 1. The fourth-order valence-corrected chi connectivity index (χ4v) is 2.68. The number of esters is 1. The minimum absolute atomic E-state index is 0.171. The molecule has 6 nitrogen and oxygen atoms in total. The van der Waals surface area contributed by atoms with Gasteiger partial charge in [-0.3, -0.25) is 4.79 Å². The predicted molar refractivity (Wildman–Crippen MR) is 99.8 cm³/mol. The van der Waals surface area contributed by atoms with E-state index in [1.165, 1.54) is 12.3 Å². The van der Waals surface area contributed by atoms with E-state index in [1.54, 1.807) is 30.3 Å². The molecule has 0 atom stereocenters. The van der Waals surface area contributed by atoms with E-state index in [1.807, 2.05) is 30.3 Å². The number of furan rings is 1. The summed E-state index contributed by atoms with van der Waals surface area (Å²) in [5, 5.41) is 0. The van der Waals surface area contributed by atoms with Crippen LogP contribution in [0.25, 0.3) is 6.08 Å². The maximum absolute atomic E-state index is 12.4. The van der Waals surface area contributed by atoms with Crippen LogP contribution in [0.15, 0.2) is 77.1 Å². The lowest BCUT2D eigenvalue weighted by Crippen LogP contribution is -2.14. The molecule has 6 heteroatoms. The summed E-state index contributed by atoms with van der Waals surface area (Å²) in [6.45, 7) is -0.0551. The van der Waals surface area contributed by atoms with Crippen molar-refractivity contribution in [2.75, 3.05) is 6.61 Å². The summed E-state index contributed by atoms with van der Waals surface area (Å²) in [7, 11) is 0. The summed E-state index contributed by atoms with van der Waals surface area (Å²) in [5.74, 6) is 0.749. The second-order valence-corrected chi connectivity index (χ2v) is 6.05. The highest BCUT2D eigenvalue weighted by molar-refractivity contribution is 6.14. The topological polar surface area (TPSA) is 75.0 Å². The number of ketones is 1. The molecule has 1 aliphatic rings. The van der Waals surface area contributed by atoms with Crippen LogP contribution >= 0.6 is 0 Å². The Hall–Kier alpha value is -3.80. The first kappa shape index (κ1) is 17.6. The molecule has 1 aromatic heterocycles. The van der Waals surface area contributed by atoms with Crippen molar-refractivity contribution in [3.63, 3.8) is 0 Å². The minimum Gasteiger partial charge on any atom is -0.482 e. The van der Waals surface area contributed by atoms with Crippen LogP contribution in [0.2, 0.25) is 0 Å². The van der Waals surface area contributed by atoms with Crippen LogP contribution in [0.4, 0.5) is 0 Å². The number of allylic oxidation sites excluding steroid dienone is 1. The van der Waals surface area contributed by atoms with Crippen LogP contribution < -0.4 is 9.47 Å². The van der Waals surface area contributed by atoms with Gasteiger partial charge in [0.2, 0.25) is 5.78 Å². The van der Waals surface area contributed by atoms with Gasteiger partial charge in [-0.05, 0) is 29.8 Å². The lowest BCUT2D eigenvalue weighted by molar-refractivity contribution is -0.147. The number of carbonyl (C=O) groups excluding carboxylic acids is 2. The molecular formula is C22H16O6. The Morgan fingerprint density at radius 3 is 2.68 bits per heavy atom. The SMILES string of the molecule is O=C(COc1ccc2c(c1)O/C(=C\c1ccco1)C2=O)OCc1ccccc1. The van der Waals surface area contributed by atoms with Gasteiger partial charge in [0.15, 0.2) is 12.4 Å². The monoisotopic (exact) mass is 376 g/mol. The molecule has 140 valence electrons. The molecule has 0 N–H and O–H groups in total. The Morgan fingerprint density at radius 1 is 1.04 bits per heavy atom. The molecule has 0 spiro atoms. The van der Waals surface area contributed by atoms with Crippen LogP contribution in [0, 0.1) is 0 Å². The first-order chi connectivity index (χ1) is 13.7. The molecule has 2 heterocycles. The van der Waals surface area contributed by atoms with Crippen molar-refractivity contribution in [2.24, 2.45) is 0 Å². The van der Waals surface area contributed by atoms with Crippen molar-refractivity contribution in [1.29, 1.82) is 0 Å². The van der Waals surface area contributed by atoms with Gasteiger partial charge < -0.3 is 18.6 Å². The molecule has 28 heavy (non-hydrogen) atoms. The summed E-state index contributed by atoms with van der Waals surface area (Å²) >= 11 is 0. The summed E-state index contributed by atoms with van der Waals surface area (Å²) in [6.07, 6.45) is 3.05. The van der Waals surface area contributed by atoms with Gasteiger partial charge in [-0.25, -0.2) is 4.79 Å². The molecule has 2 aromatic carbocycles. The van der Waals surface area contributed by atoms with Crippen molar-refractivity contribution >= 4 is 17.8 Å². The van der Waals surface area contributed by atoms with Gasteiger partial charge in [0, 0.05) is 12.1 Å². The maximum Gasteiger partial charge on any atom is 0.344 e. The van der Waals surface area contributed by atoms with Gasteiger partial charge in [-0.15, -0.1) is 0 Å². The van der Waals surface area contributed by atoms with E-state index in [4.69, 9.17) is 18.6 Å². The van der Waals surface area contributed by atoms with E-state index in [-0.39, 0.29) is 24.8 Å². The van der Waals surface area contributed by atoms with Crippen LogP contribution in [-0.2, 0) is 16.1 Å². The lowest BCUT2D eigenvalue weighted by Gasteiger charge is -2.08. The van der Waals surface area contributed by atoms with Gasteiger partial charge in [0.1, 0.15) is 23.9 Å². The smallest absolute Gasteiger partial charge is 0.344 e. The third-order valence-corrected chi connectivity index (χ3v) is 4.06. The largest absolute Gasteiger partial charge is 0.482 e. The second kappa shape index (κ2) is 7.84. The van der Waals surface area contributed by atoms with E-state index in [9.17, 15) is 9.59 Å². The van der Waals surface area contributed by atoms with Gasteiger partial charge in [0.05, 0.1) is 11.8 Å². The van der Waals surface area contributed by atoms with E-state index >= 15 is 0 Å². The van der Waals surface area contributed by atoms with E-state index in [0.717, 1.165) is 5.56 Å². The second-order valence-electron chi connectivity index (χ2n) is 6.05. The molecule has 1 aliphatic heterocycles. The normalized spacial score (nSPS) is 13.9. The fourth-order valence-electron chi connectivity index (χ4n) is 2.68. The van der Waals surface area contributed by atoms with Gasteiger partial charge >= 0.3 is 5.97 Å². The van der Waals surface area contributed by atoms with Crippen molar-refractivity contribution in [1.82, 2.24) is 0 Å². The van der Waals surface area contributed by atoms with Crippen molar-refractivity contribution < 1.29 is 28.2 Å². The molecule has 0 unspecified atom stereocenters. The molecule has 3 aromatic rings. The van der Waals surface area contributed by atoms with Crippen LogP contribution in [-0.4, -0.2) is 18.4 Å². The molecule has 4 rings (SSSR count). The molecule has 0 fully saturated rings. The molecule has 0 saturated carbocycles. The van der Waals surface area contributed by atoms with Crippen molar-refractivity contribution in [3.8, 4) is 11.5 Å². The summed E-state index contributed by atoms with van der Waals surface area (Å²) in [6, 6.07) is 17.6. The number of benzene rings is 2. The highest BCUT2D eigenvalue weighted by atomic mass is 16.6. The number of hydrogen-bond acceptors (Lipinski definition) is 6. The van der Waals surface area contributed by atoms with Crippen molar-refractivity contribution in [2.45, 2.75) is 6.61 Å². The summed E-state index contributed by atoms with van der Waals surface area (Å²) < 4.78 is 21.4. The van der Waals surface area contributed by atoms with Crippen molar-refractivity contribution in [3.05, 3.63) is 89.6 Å². The lowest BCUT2D eigenvalue weighted by atomic mass is 10.1. The zero-order chi connectivity index (χ0) is 19.3. The summed E-state index contributed by atoms with van der Waals surface area (Å²) in [4.78, 5) is 24.2. The zero-order valence-corrected chi connectivity index (χ0v) is 14.8. The summed E-state index contributed by atoms with van der Waals surface area (Å²) in [5.41, 5.74) is 1.33. The Morgan fingerprint density at radius 2 is 1.89 bits per heavy atom. The van der Waals surface area contributed by atoms with Crippen LogP contribution in [0.1, 0.15) is 21.7 Å². The number of fused-ring (bicyclic) bond motifs is 1. The molecule has 0 radical (unpaired) electrons. The third-order valence-electron chi connectivity index (χ3n) is 4.06. The standard InChI is InChI=1S/C22H16O6/c23-21(27-13-15-5-2-1-3-6-15)14-26-17-8-9-18-19(11-17)28-20(22(18)24)12-16-7-4-10-25-16/h1-12H,13-14H2/b20-12-. The zero-order valence-electron chi connectivity index (χ0n) is 14.8. The Bertz CT molecular complexity index is 1020. The average Bonchev–Trinajstić information content (AvgIpc) is 3.34. The Balaban J connectivity index is 1.35. The van der Waals surface area contributed by atoms with Crippen LogP contribution in [0.5, 0.6) is 11.5 Å². The van der Waals surface area contributed by atoms with E-state index < -0.39 is 5.97 Å². The highest BCUT2D eigenvalue weighted by Crippen LogP contribution is 2.34. The number of hydrogen-bond donors (Lipinski definition) is 0. The predicted octanol–water partition coefficient (Wildman–Crippen LogP) is 4.02. The molecule has 0 aliphatic carbocycles. The van der Waals surface area contributed by atoms with Gasteiger partial charge in [0.25, 0.3) is 0 Å². The highest BCUT2D eigenvalue weighted by Gasteiger charge is 2.28. The Labute approximate surface area is 160 Å². The fraction of sp³-hybridized carbons (Fsp3) is 0.0909. The van der Waals surface area contributed by atoms with Crippen LogP contribution in [0.3, 0.4) is 0 Å². The van der Waals surface area contributed by atoms with Gasteiger partial charge in [-0.1, -0.05) is 30.3 Å². The number of carbonyl (C=O) groups is 2. The molecule has 0 amide bonds. The third kappa shape index (κ3) is 3.96. The average molecular weight is 376 g/mol. The Kier molecular flexibility index (Phi) is 4.93. The quantitative estimate of drug-likeness (QED) is 0.478. The molecular weight excluding hydrogens is 360 g/mol. The number of rotatable bonds is 6. The molecule has 0 saturated heterocycles. The minimum atomic E-state index is -0.486. The van der Waals surface area contributed by atoms with E-state index in [0.29, 0.717) is 22.8 Å². The van der Waals surface area contributed by atoms with Gasteiger partial charge in [-0.2, -0.15) is 0 Å². The molecule has 0 bridgehead atoms. The number of ether oxygens (including phenoxy) is 3. The first-order valence-corrected chi connectivity index (χ1v) is 8.63. The van der Waals surface area contributed by atoms with E-state index in [2.05, 4.69) is 0 Å². The first-order valence-electron chi connectivity index (χ1n) is 8.63. The maximum atomic E-state index is 12.4.